The van der Waals surface area contributed by atoms with Crippen molar-refractivity contribution in [2.45, 2.75) is 0 Å². The highest BCUT2D eigenvalue weighted by molar-refractivity contribution is 6.29. The molecular weight excluding hydrogens is 142 g/mol. The van der Waals surface area contributed by atoms with Crippen LogP contribution in [0.2, 0.25) is 5.15 Å². The van der Waals surface area contributed by atoms with E-state index in [0.29, 0.717) is 17.5 Å². The molecule has 1 aromatic rings. The Balaban J connectivity index is 2.72. The maximum absolute atomic E-state index is 9.70. The van der Waals surface area contributed by atoms with E-state index < -0.39 is 0 Å². The molecular formula is C5H4ClNO2. The average Bonchev–Trinajstić information content (AvgIpc) is 2.17. The van der Waals surface area contributed by atoms with Crippen molar-refractivity contribution in [3.05, 3.63) is 17.3 Å². The summed E-state index contributed by atoms with van der Waals surface area (Å²) in [4.78, 5) is 12.3. The molecule has 3 nitrogen and oxygen atoms in total. The molecule has 9 heavy (non-hydrogen) atoms. The van der Waals surface area contributed by atoms with Crippen molar-refractivity contribution >= 4 is 18.1 Å². The lowest BCUT2D eigenvalue weighted by atomic mass is 10.6. The molecule has 0 radical (unpaired) electrons. The zero-order valence-corrected chi connectivity index (χ0v) is 5.18. The molecule has 0 aliphatic carbocycles. The first-order valence-electron chi connectivity index (χ1n) is 2.28. The summed E-state index contributed by atoms with van der Waals surface area (Å²) in [5, 5.41) is 0.451. The molecule has 0 aliphatic heterocycles. The van der Waals surface area contributed by atoms with Gasteiger partial charge in [0.2, 0.25) is 5.88 Å². The number of halogens is 1. The van der Waals surface area contributed by atoms with E-state index in [9.17, 15) is 4.79 Å². The van der Waals surface area contributed by atoms with Crippen molar-refractivity contribution in [1.82, 2.24) is 4.98 Å². The summed E-state index contributed by atoms with van der Waals surface area (Å²) in [6.07, 6.45) is 0. The van der Waals surface area contributed by atoms with Crippen LogP contribution in [0.4, 0.5) is 0 Å². The second-order valence-electron chi connectivity index (χ2n) is 1.38. The van der Waals surface area contributed by atoms with E-state index in [1.54, 1.807) is 12.1 Å². The van der Waals surface area contributed by atoms with Crippen LogP contribution in [0.15, 0.2) is 12.1 Å². The number of nitrogens with one attached hydrogen (secondary N) is 1. The fraction of sp³-hybridized carbons (Fsp3) is 0. The topological polar surface area (TPSA) is 42.1 Å². The quantitative estimate of drug-likeness (QED) is 0.636. The third-order valence-electron chi connectivity index (χ3n) is 0.799. The van der Waals surface area contributed by atoms with Gasteiger partial charge >= 0.3 is 0 Å². The maximum atomic E-state index is 9.70. The monoisotopic (exact) mass is 145 g/mol. The zero-order chi connectivity index (χ0) is 6.69. The molecule has 4 heteroatoms. The van der Waals surface area contributed by atoms with Crippen LogP contribution in [0.3, 0.4) is 0 Å². The number of aromatic nitrogens is 1. The Hall–Kier alpha value is -0.960. The van der Waals surface area contributed by atoms with E-state index in [4.69, 9.17) is 11.6 Å². The van der Waals surface area contributed by atoms with Gasteiger partial charge in [-0.1, -0.05) is 11.6 Å². The van der Waals surface area contributed by atoms with E-state index in [0.717, 1.165) is 0 Å². The molecule has 48 valence electrons. The predicted molar refractivity (Wildman–Crippen MR) is 32.5 cm³/mol. The molecule has 0 aliphatic rings. The van der Waals surface area contributed by atoms with Gasteiger partial charge in [0, 0.05) is 6.07 Å². The number of rotatable bonds is 2. The van der Waals surface area contributed by atoms with Gasteiger partial charge in [0.05, 0.1) is 0 Å². The summed E-state index contributed by atoms with van der Waals surface area (Å²) in [7, 11) is 0. The highest BCUT2D eigenvalue weighted by Crippen LogP contribution is 2.12. The van der Waals surface area contributed by atoms with E-state index in [2.05, 4.69) is 9.72 Å². The van der Waals surface area contributed by atoms with E-state index >= 15 is 0 Å². The Labute approximate surface area is 56.6 Å². The maximum Gasteiger partial charge on any atom is 0.299 e. The standard InChI is InChI=1S/C5H4ClNO2/c6-4-1-2-5(7-4)9-3-8/h1-3,7H. The largest absolute Gasteiger partial charge is 0.412 e. The molecule has 0 aromatic carbocycles. The lowest BCUT2D eigenvalue weighted by molar-refractivity contribution is -0.120. The molecule has 1 rings (SSSR count). The molecule has 0 saturated carbocycles. The van der Waals surface area contributed by atoms with E-state index in [1.165, 1.54) is 0 Å². The van der Waals surface area contributed by atoms with Gasteiger partial charge < -0.3 is 9.72 Å². The Morgan fingerprint density at radius 2 is 2.44 bits per heavy atom. The van der Waals surface area contributed by atoms with Crippen LogP contribution in [0.5, 0.6) is 5.88 Å². The van der Waals surface area contributed by atoms with Gasteiger partial charge in [0.25, 0.3) is 6.47 Å². The van der Waals surface area contributed by atoms with Gasteiger partial charge in [-0.15, -0.1) is 0 Å². The molecule has 0 fully saturated rings. The molecule has 1 N–H and O–H groups in total. The SMILES string of the molecule is O=COc1ccc(Cl)[nH]1. The minimum atomic E-state index is 0.335. The third kappa shape index (κ3) is 1.47. The van der Waals surface area contributed by atoms with Crippen molar-refractivity contribution in [3.8, 4) is 5.88 Å². The minimum Gasteiger partial charge on any atom is -0.412 e. The van der Waals surface area contributed by atoms with Gasteiger partial charge in [0.15, 0.2) is 0 Å². The van der Waals surface area contributed by atoms with Gasteiger partial charge in [0.1, 0.15) is 5.15 Å². The summed E-state index contributed by atoms with van der Waals surface area (Å²) in [6, 6.07) is 3.16. The molecule has 0 unspecified atom stereocenters. The van der Waals surface area contributed by atoms with E-state index in [-0.39, 0.29) is 0 Å². The fourth-order valence-electron chi connectivity index (χ4n) is 0.470. The number of ether oxygens (including phenoxy) is 1. The first kappa shape index (κ1) is 6.16. The van der Waals surface area contributed by atoms with Crippen molar-refractivity contribution in [2.24, 2.45) is 0 Å². The van der Waals surface area contributed by atoms with Crippen LogP contribution in [0, 0.1) is 0 Å². The van der Waals surface area contributed by atoms with Crippen LogP contribution in [-0.4, -0.2) is 11.5 Å². The highest BCUT2D eigenvalue weighted by Gasteiger charge is 1.93. The Kier molecular flexibility index (Phi) is 1.75. The fourth-order valence-corrected chi connectivity index (χ4v) is 0.627. The number of carbonyl (C=O) groups is 1. The van der Waals surface area contributed by atoms with Crippen LogP contribution in [-0.2, 0) is 4.79 Å². The molecule has 0 spiro atoms. The Morgan fingerprint density at radius 1 is 1.67 bits per heavy atom. The van der Waals surface area contributed by atoms with Crippen LogP contribution in [0.1, 0.15) is 0 Å². The molecule has 0 saturated heterocycles. The van der Waals surface area contributed by atoms with Crippen molar-refractivity contribution in [3.63, 3.8) is 0 Å². The molecule has 1 aromatic heterocycles. The number of hydrogen-bond acceptors (Lipinski definition) is 2. The summed E-state index contributed by atoms with van der Waals surface area (Å²) < 4.78 is 4.41. The zero-order valence-electron chi connectivity index (χ0n) is 4.43. The first-order chi connectivity index (χ1) is 4.33. The van der Waals surface area contributed by atoms with Gasteiger partial charge in [-0.25, -0.2) is 0 Å². The van der Waals surface area contributed by atoms with Crippen LogP contribution < -0.4 is 4.74 Å². The third-order valence-corrected chi connectivity index (χ3v) is 1.02. The van der Waals surface area contributed by atoms with Crippen LogP contribution in [0.25, 0.3) is 0 Å². The number of hydrogen-bond donors (Lipinski definition) is 1. The number of aromatic amines is 1. The van der Waals surface area contributed by atoms with Crippen molar-refractivity contribution in [1.29, 1.82) is 0 Å². The van der Waals surface area contributed by atoms with E-state index in [1.807, 2.05) is 0 Å². The number of carbonyl (C=O) groups excluding carboxylic acids is 1. The molecule has 1 heterocycles. The first-order valence-corrected chi connectivity index (χ1v) is 2.65. The smallest absolute Gasteiger partial charge is 0.299 e. The lowest BCUT2D eigenvalue weighted by Crippen LogP contribution is -1.86. The minimum absolute atomic E-state index is 0.335. The molecule has 0 atom stereocenters. The van der Waals surface area contributed by atoms with Gasteiger partial charge in [-0.05, 0) is 6.07 Å². The second kappa shape index (κ2) is 2.55. The normalized spacial score (nSPS) is 9.00. The molecule has 0 bridgehead atoms. The van der Waals surface area contributed by atoms with Crippen LogP contribution >= 0.6 is 11.6 Å². The average molecular weight is 146 g/mol. The van der Waals surface area contributed by atoms with Gasteiger partial charge in [-0.2, -0.15) is 0 Å². The number of H-pyrrole nitrogens is 1. The van der Waals surface area contributed by atoms with Crippen molar-refractivity contribution in [2.75, 3.05) is 0 Å². The summed E-state index contributed by atoms with van der Waals surface area (Å²) in [6.45, 7) is 0.335. The summed E-state index contributed by atoms with van der Waals surface area (Å²) in [5.41, 5.74) is 0. The highest BCUT2D eigenvalue weighted by atomic mass is 35.5. The Bertz CT molecular complexity index is 208. The Morgan fingerprint density at radius 3 is 2.89 bits per heavy atom. The lowest BCUT2D eigenvalue weighted by Gasteiger charge is -1.86. The predicted octanol–water partition coefficient (Wildman–Crippen LogP) is 1.20. The van der Waals surface area contributed by atoms with Crippen molar-refractivity contribution < 1.29 is 9.53 Å². The van der Waals surface area contributed by atoms with Gasteiger partial charge in [-0.3, -0.25) is 4.79 Å². The molecule has 0 amide bonds. The summed E-state index contributed by atoms with van der Waals surface area (Å²) in [5.74, 6) is 0.356. The second-order valence-corrected chi connectivity index (χ2v) is 1.79. The summed E-state index contributed by atoms with van der Waals surface area (Å²) >= 11 is 5.44.